The molecule has 2 aromatic rings. The Morgan fingerprint density at radius 1 is 1.20 bits per heavy atom. The zero-order valence-corrected chi connectivity index (χ0v) is 12.4. The van der Waals surface area contributed by atoms with Crippen LogP contribution in [0.3, 0.4) is 0 Å². The van der Waals surface area contributed by atoms with E-state index in [0.717, 1.165) is 11.3 Å². The van der Waals surface area contributed by atoms with E-state index in [0.29, 0.717) is 16.8 Å². The lowest BCUT2D eigenvalue weighted by atomic mass is 10.2. The van der Waals surface area contributed by atoms with Crippen LogP contribution in [0.25, 0.3) is 0 Å². The van der Waals surface area contributed by atoms with E-state index in [2.05, 4.69) is 15.9 Å². The third kappa shape index (κ3) is 3.30. The second-order valence-electron chi connectivity index (χ2n) is 4.05. The molecule has 0 saturated carbocycles. The minimum Gasteiger partial charge on any atom is -0.496 e. The number of methoxy groups -OCH3 is 1. The van der Waals surface area contributed by atoms with Crippen molar-refractivity contribution in [1.82, 2.24) is 0 Å². The van der Waals surface area contributed by atoms with E-state index in [1.165, 1.54) is 12.1 Å². The minimum atomic E-state index is -0.986. The molecule has 0 fully saturated rings. The molecule has 2 aromatic carbocycles. The third-order valence-corrected chi connectivity index (χ3v) is 3.41. The molecule has 0 spiro atoms. The lowest BCUT2D eigenvalue weighted by Gasteiger charge is -2.11. The quantitative estimate of drug-likeness (QED) is 0.903. The monoisotopic (exact) mass is 336 g/mol. The van der Waals surface area contributed by atoms with Crippen molar-refractivity contribution in [2.75, 3.05) is 7.11 Å². The Morgan fingerprint density at radius 2 is 1.95 bits per heavy atom. The number of carboxylic acid groups (broad SMARTS) is 1. The standard InChI is InChI=1S/C15H13BrO4/c1-19-13-5-3-2-4-11(13)9-20-14-8-10(15(17)18)6-7-12(14)16/h2-8H,9H2,1H3,(H,17,18). The molecule has 0 saturated heterocycles. The smallest absolute Gasteiger partial charge is 0.335 e. The Labute approximate surface area is 125 Å². The number of hydrogen-bond donors (Lipinski definition) is 1. The number of benzene rings is 2. The van der Waals surface area contributed by atoms with Crippen LogP contribution >= 0.6 is 15.9 Å². The topological polar surface area (TPSA) is 55.8 Å². The summed E-state index contributed by atoms with van der Waals surface area (Å²) in [6, 6.07) is 12.2. The van der Waals surface area contributed by atoms with Crippen LogP contribution in [-0.4, -0.2) is 18.2 Å². The van der Waals surface area contributed by atoms with Crippen molar-refractivity contribution in [3.63, 3.8) is 0 Å². The van der Waals surface area contributed by atoms with E-state index in [-0.39, 0.29) is 5.56 Å². The second-order valence-corrected chi connectivity index (χ2v) is 4.91. The molecule has 0 atom stereocenters. The van der Waals surface area contributed by atoms with Gasteiger partial charge in [-0.1, -0.05) is 18.2 Å². The summed E-state index contributed by atoms with van der Waals surface area (Å²) < 4.78 is 11.6. The number of hydrogen-bond acceptors (Lipinski definition) is 3. The molecule has 0 unspecified atom stereocenters. The number of halogens is 1. The van der Waals surface area contributed by atoms with Gasteiger partial charge in [0.1, 0.15) is 18.1 Å². The molecular formula is C15H13BrO4. The molecular weight excluding hydrogens is 324 g/mol. The molecule has 20 heavy (non-hydrogen) atoms. The maximum atomic E-state index is 10.9. The average molecular weight is 337 g/mol. The summed E-state index contributed by atoms with van der Waals surface area (Å²) in [5.74, 6) is 0.230. The van der Waals surface area contributed by atoms with Gasteiger partial charge in [-0.3, -0.25) is 0 Å². The van der Waals surface area contributed by atoms with Gasteiger partial charge >= 0.3 is 5.97 Å². The van der Waals surface area contributed by atoms with Crippen LogP contribution in [0, 0.1) is 0 Å². The molecule has 0 amide bonds. The summed E-state index contributed by atoms with van der Waals surface area (Å²) in [6.07, 6.45) is 0. The Hall–Kier alpha value is -2.01. The highest BCUT2D eigenvalue weighted by Crippen LogP contribution is 2.28. The van der Waals surface area contributed by atoms with Crippen LogP contribution in [-0.2, 0) is 6.61 Å². The number of ether oxygens (including phenoxy) is 2. The van der Waals surface area contributed by atoms with Crippen LogP contribution in [0.1, 0.15) is 15.9 Å². The highest BCUT2D eigenvalue weighted by molar-refractivity contribution is 9.10. The number of carboxylic acids is 1. The van der Waals surface area contributed by atoms with Gasteiger partial charge in [0.2, 0.25) is 0 Å². The summed E-state index contributed by atoms with van der Waals surface area (Å²) in [7, 11) is 1.60. The molecule has 1 N–H and O–H groups in total. The van der Waals surface area contributed by atoms with E-state index in [9.17, 15) is 4.79 Å². The van der Waals surface area contributed by atoms with Crippen molar-refractivity contribution in [3.05, 3.63) is 58.1 Å². The van der Waals surface area contributed by atoms with Gasteiger partial charge in [0.15, 0.2) is 0 Å². The molecule has 0 aliphatic heterocycles. The van der Waals surface area contributed by atoms with Crippen LogP contribution in [0.5, 0.6) is 11.5 Å². The average Bonchev–Trinajstić information content (AvgIpc) is 2.46. The second kappa shape index (κ2) is 6.43. The molecule has 5 heteroatoms. The summed E-state index contributed by atoms with van der Waals surface area (Å²) in [4.78, 5) is 10.9. The maximum Gasteiger partial charge on any atom is 0.335 e. The highest BCUT2D eigenvalue weighted by Gasteiger charge is 2.09. The predicted octanol–water partition coefficient (Wildman–Crippen LogP) is 3.73. The normalized spacial score (nSPS) is 10.1. The minimum absolute atomic E-state index is 0.184. The fraction of sp³-hybridized carbons (Fsp3) is 0.133. The van der Waals surface area contributed by atoms with Crippen LogP contribution in [0.2, 0.25) is 0 Å². The first-order chi connectivity index (χ1) is 9.61. The molecule has 0 aromatic heterocycles. The zero-order chi connectivity index (χ0) is 14.5. The number of para-hydroxylation sites is 1. The first-order valence-corrected chi connectivity index (χ1v) is 6.68. The van der Waals surface area contributed by atoms with Crippen molar-refractivity contribution in [3.8, 4) is 11.5 Å². The van der Waals surface area contributed by atoms with Gasteiger partial charge in [-0.15, -0.1) is 0 Å². The van der Waals surface area contributed by atoms with Crippen molar-refractivity contribution in [1.29, 1.82) is 0 Å². The van der Waals surface area contributed by atoms with E-state index >= 15 is 0 Å². The van der Waals surface area contributed by atoms with Gasteiger partial charge in [-0.2, -0.15) is 0 Å². The molecule has 4 nitrogen and oxygen atoms in total. The molecule has 104 valence electrons. The fourth-order valence-electron chi connectivity index (χ4n) is 1.72. The Morgan fingerprint density at radius 3 is 2.65 bits per heavy atom. The number of aromatic carboxylic acids is 1. The van der Waals surface area contributed by atoms with Crippen LogP contribution in [0.15, 0.2) is 46.9 Å². The van der Waals surface area contributed by atoms with E-state index in [1.54, 1.807) is 13.2 Å². The van der Waals surface area contributed by atoms with Gasteiger partial charge in [-0.25, -0.2) is 4.79 Å². The predicted molar refractivity (Wildman–Crippen MR) is 78.4 cm³/mol. The summed E-state index contributed by atoms with van der Waals surface area (Å²) in [5.41, 5.74) is 1.07. The molecule has 0 heterocycles. The van der Waals surface area contributed by atoms with E-state index < -0.39 is 5.97 Å². The molecule has 2 rings (SSSR count). The van der Waals surface area contributed by atoms with Gasteiger partial charge in [0.05, 0.1) is 17.1 Å². The Bertz CT molecular complexity index is 625. The van der Waals surface area contributed by atoms with Crippen LogP contribution in [0.4, 0.5) is 0 Å². The first kappa shape index (κ1) is 14.4. The highest BCUT2D eigenvalue weighted by atomic mass is 79.9. The van der Waals surface area contributed by atoms with Gasteiger partial charge < -0.3 is 14.6 Å². The summed E-state index contributed by atoms with van der Waals surface area (Å²) >= 11 is 3.34. The van der Waals surface area contributed by atoms with Gasteiger partial charge in [-0.05, 0) is 40.2 Å². The number of rotatable bonds is 5. The van der Waals surface area contributed by atoms with Gasteiger partial charge in [0.25, 0.3) is 0 Å². The molecule has 0 radical (unpaired) electrons. The lowest BCUT2D eigenvalue weighted by Crippen LogP contribution is -2.01. The van der Waals surface area contributed by atoms with Crippen molar-refractivity contribution in [2.24, 2.45) is 0 Å². The Balaban J connectivity index is 2.18. The fourth-order valence-corrected chi connectivity index (χ4v) is 2.09. The van der Waals surface area contributed by atoms with E-state index in [1.807, 2.05) is 24.3 Å². The van der Waals surface area contributed by atoms with Crippen molar-refractivity contribution in [2.45, 2.75) is 6.61 Å². The SMILES string of the molecule is COc1ccccc1COc1cc(C(=O)O)ccc1Br. The zero-order valence-electron chi connectivity index (χ0n) is 10.8. The third-order valence-electron chi connectivity index (χ3n) is 2.75. The first-order valence-electron chi connectivity index (χ1n) is 5.89. The maximum absolute atomic E-state index is 10.9. The molecule has 0 bridgehead atoms. The molecule has 0 aliphatic carbocycles. The lowest BCUT2D eigenvalue weighted by molar-refractivity contribution is 0.0696. The number of carbonyl (C=O) groups is 1. The summed E-state index contributed by atoms with van der Waals surface area (Å²) in [6.45, 7) is 0.297. The van der Waals surface area contributed by atoms with Crippen molar-refractivity contribution < 1.29 is 19.4 Å². The van der Waals surface area contributed by atoms with Gasteiger partial charge in [0, 0.05) is 5.56 Å². The summed E-state index contributed by atoms with van der Waals surface area (Å²) in [5, 5.41) is 8.98. The van der Waals surface area contributed by atoms with Crippen molar-refractivity contribution >= 4 is 21.9 Å². The van der Waals surface area contributed by atoms with Crippen LogP contribution < -0.4 is 9.47 Å². The Kier molecular flexibility index (Phi) is 4.63. The molecule has 0 aliphatic rings. The van der Waals surface area contributed by atoms with E-state index in [4.69, 9.17) is 14.6 Å². The largest absolute Gasteiger partial charge is 0.496 e.